The van der Waals surface area contributed by atoms with E-state index in [1.54, 1.807) is 13.8 Å². The number of hydrogen-bond donors (Lipinski definition) is 1. The molecule has 3 nitrogen and oxygen atoms in total. The number of carbonyl (C=O) groups is 1. The van der Waals surface area contributed by atoms with Crippen LogP contribution in [0.3, 0.4) is 0 Å². The van der Waals surface area contributed by atoms with Crippen LogP contribution in [0.25, 0.3) is 0 Å². The molecule has 0 aliphatic heterocycles. The predicted octanol–water partition coefficient (Wildman–Crippen LogP) is 2.19. The lowest BCUT2D eigenvalue weighted by molar-refractivity contribution is -0.138. The molecule has 0 saturated carbocycles. The Morgan fingerprint density at radius 1 is 1.53 bits per heavy atom. The number of carbonyl (C=O) groups excluding carboxylic acids is 1. The second kappa shape index (κ2) is 4.79. The van der Waals surface area contributed by atoms with E-state index in [2.05, 4.69) is 0 Å². The molecule has 1 aliphatic rings. The Hall–Kier alpha value is -0.830. The standard InChI is InChI=1S/C12H20O3/c1-4-6-10-9(11(13)15-5-2)7-8-12(10,3)14/h14H,4-8H2,1-3H3. The third-order valence-corrected chi connectivity index (χ3v) is 2.90. The molecule has 0 heterocycles. The lowest BCUT2D eigenvalue weighted by atomic mass is 9.94. The fraction of sp³-hybridized carbons (Fsp3) is 0.750. The zero-order valence-corrected chi connectivity index (χ0v) is 9.80. The lowest BCUT2D eigenvalue weighted by Gasteiger charge is -2.20. The first kappa shape index (κ1) is 12.2. The summed E-state index contributed by atoms with van der Waals surface area (Å²) in [5.41, 5.74) is 0.769. The van der Waals surface area contributed by atoms with E-state index in [0.29, 0.717) is 25.0 Å². The van der Waals surface area contributed by atoms with Crippen molar-refractivity contribution >= 4 is 5.97 Å². The van der Waals surface area contributed by atoms with E-state index in [0.717, 1.165) is 18.4 Å². The monoisotopic (exact) mass is 212 g/mol. The maximum Gasteiger partial charge on any atom is 0.334 e. The minimum Gasteiger partial charge on any atom is -0.463 e. The summed E-state index contributed by atoms with van der Waals surface area (Å²) in [6, 6.07) is 0. The molecule has 1 unspecified atom stereocenters. The van der Waals surface area contributed by atoms with Gasteiger partial charge in [0, 0.05) is 5.57 Å². The van der Waals surface area contributed by atoms with Crippen LogP contribution in [0.15, 0.2) is 11.1 Å². The number of hydrogen-bond acceptors (Lipinski definition) is 3. The molecule has 0 radical (unpaired) electrons. The fourth-order valence-electron chi connectivity index (χ4n) is 2.11. The van der Waals surface area contributed by atoms with Gasteiger partial charge in [-0.15, -0.1) is 0 Å². The second-order valence-corrected chi connectivity index (χ2v) is 4.20. The molecule has 3 heteroatoms. The molecule has 0 aromatic rings. The van der Waals surface area contributed by atoms with E-state index in [1.807, 2.05) is 6.92 Å². The highest BCUT2D eigenvalue weighted by atomic mass is 16.5. The number of aliphatic hydroxyl groups is 1. The SMILES string of the molecule is CCCC1=C(C(=O)OCC)CCC1(C)O. The third-order valence-electron chi connectivity index (χ3n) is 2.90. The van der Waals surface area contributed by atoms with Crippen LogP contribution in [-0.4, -0.2) is 23.3 Å². The van der Waals surface area contributed by atoms with Crippen LogP contribution in [0.1, 0.15) is 46.5 Å². The molecule has 15 heavy (non-hydrogen) atoms. The molecule has 0 saturated heterocycles. The van der Waals surface area contributed by atoms with Crippen molar-refractivity contribution < 1.29 is 14.6 Å². The number of ether oxygens (including phenoxy) is 1. The van der Waals surface area contributed by atoms with Gasteiger partial charge in [0.25, 0.3) is 0 Å². The zero-order valence-electron chi connectivity index (χ0n) is 9.80. The summed E-state index contributed by atoms with van der Waals surface area (Å²) in [4.78, 5) is 11.6. The molecule has 0 fully saturated rings. The van der Waals surface area contributed by atoms with E-state index in [4.69, 9.17) is 4.74 Å². The number of rotatable bonds is 4. The van der Waals surface area contributed by atoms with Gasteiger partial charge in [-0.1, -0.05) is 13.3 Å². The fourth-order valence-corrected chi connectivity index (χ4v) is 2.11. The summed E-state index contributed by atoms with van der Waals surface area (Å²) in [7, 11) is 0. The Bertz CT molecular complexity index is 277. The first-order valence-electron chi connectivity index (χ1n) is 5.65. The van der Waals surface area contributed by atoms with E-state index in [9.17, 15) is 9.90 Å². The van der Waals surface area contributed by atoms with Gasteiger partial charge in [-0.05, 0) is 38.7 Å². The van der Waals surface area contributed by atoms with Crippen molar-refractivity contribution in [1.82, 2.24) is 0 Å². The second-order valence-electron chi connectivity index (χ2n) is 4.20. The molecule has 1 N–H and O–H groups in total. The Kier molecular flexibility index (Phi) is 3.91. The minimum absolute atomic E-state index is 0.251. The molecule has 1 aliphatic carbocycles. The van der Waals surface area contributed by atoms with Crippen molar-refractivity contribution in [1.29, 1.82) is 0 Å². The molecular weight excluding hydrogens is 192 g/mol. The van der Waals surface area contributed by atoms with Crippen LogP contribution in [-0.2, 0) is 9.53 Å². The molecule has 1 rings (SSSR count). The predicted molar refractivity (Wildman–Crippen MR) is 58.4 cm³/mol. The van der Waals surface area contributed by atoms with Crippen LogP contribution in [0.4, 0.5) is 0 Å². The molecule has 0 aromatic carbocycles. The Morgan fingerprint density at radius 2 is 2.20 bits per heavy atom. The van der Waals surface area contributed by atoms with Gasteiger partial charge in [-0.25, -0.2) is 4.79 Å². The molecular formula is C12H20O3. The average molecular weight is 212 g/mol. The normalized spacial score (nSPS) is 25.9. The minimum atomic E-state index is -0.807. The molecule has 0 spiro atoms. The van der Waals surface area contributed by atoms with Crippen LogP contribution >= 0.6 is 0 Å². The smallest absolute Gasteiger partial charge is 0.334 e. The molecule has 0 amide bonds. The van der Waals surface area contributed by atoms with Gasteiger partial charge in [-0.3, -0.25) is 0 Å². The van der Waals surface area contributed by atoms with Crippen molar-refractivity contribution in [2.45, 2.75) is 52.1 Å². The maximum atomic E-state index is 11.6. The van der Waals surface area contributed by atoms with Crippen molar-refractivity contribution in [3.8, 4) is 0 Å². The van der Waals surface area contributed by atoms with Crippen molar-refractivity contribution in [2.24, 2.45) is 0 Å². The highest BCUT2D eigenvalue weighted by molar-refractivity contribution is 5.90. The van der Waals surface area contributed by atoms with Gasteiger partial charge >= 0.3 is 5.97 Å². The first-order valence-corrected chi connectivity index (χ1v) is 5.65. The summed E-state index contributed by atoms with van der Waals surface area (Å²) in [5, 5.41) is 10.1. The average Bonchev–Trinajstić information content (AvgIpc) is 2.44. The van der Waals surface area contributed by atoms with Gasteiger partial charge < -0.3 is 9.84 Å². The zero-order chi connectivity index (χ0) is 11.5. The van der Waals surface area contributed by atoms with Crippen molar-refractivity contribution in [2.75, 3.05) is 6.61 Å². The molecule has 86 valence electrons. The summed E-state index contributed by atoms with van der Waals surface area (Å²) in [6.45, 7) is 6.02. The van der Waals surface area contributed by atoms with E-state index in [1.165, 1.54) is 0 Å². The van der Waals surface area contributed by atoms with Gasteiger partial charge in [-0.2, -0.15) is 0 Å². The van der Waals surface area contributed by atoms with E-state index >= 15 is 0 Å². The summed E-state index contributed by atoms with van der Waals surface area (Å²) in [6.07, 6.45) is 2.99. The van der Waals surface area contributed by atoms with E-state index in [-0.39, 0.29) is 5.97 Å². The molecule has 1 atom stereocenters. The molecule has 0 aromatic heterocycles. The highest BCUT2D eigenvalue weighted by Crippen LogP contribution is 2.38. The quantitative estimate of drug-likeness (QED) is 0.727. The Balaban J connectivity index is 2.91. The summed E-state index contributed by atoms with van der Waals surface area (Å²) in [5.74, 6) is -0.251. The van der Waals surface area contributed by atoms with Crippen LogP contribution in [0, 0.1) is 0 Å². The van der Waals surface area contributed by atoms with Gasteiger partial charge in [0.05, 0.1) is 12.2 Å². The topological polar surface area (TPSA) is 46.5 Å². The Labute approximate surface area is 91.1 Å². The van der Waals surface area contributed by atoms with Crippen molar-refractivity contribution in [3.05, 3.63) is 11.1 Å². The maximum absolute atomic E-state index is 11.6. The number of esters is 1. The van der Waals surface area contributed by atoms with E-state index < -0.39 is 5.60 Å². The lowest BCUT2D eigenvalue weighted by Crippen LogP contribution is -2.23. The van der Waals surface area contributed by atoms with Crippen molar-refractivity contribution in [3.63, 3.8) is 0 Å². The van der Waals surface area contributed by atoms with Gasteiger partial charge in [0.15, 0.2) is 0 Å². The largest absolute Gasteiger partial charge is 0.463 e. The van der Waals surface area contributed by atoms with Gasteiger partial charge in [0.2, 0.25) is 0 Å². The van der Waals surface area contributed by atoms with Gasteiger partial charge in [0.1, 0.15) is 0 Å². The van der Waals surface area contributed by atoms with Crippen LogP contribution in [0.5, 0.6) is 0 Å². The molecule has 0 bridgehead atoms. The third kappa shape index (κ3) is 2.59. The first-order chi connectivity index (χ1) is 7.03. The van der Waals surface area contributed by atoms with Crippen LogP contribution in [0.2, 0.25) is 0 Å². The summed E-state index contributed by atoms with van der Waals surface area (Å²) >= 11 is 0. The Morgan fingerprint density at radius 3 is 2.73 bits per heavy atom. The highest BCUT2D eigenvalue weighted by Gasteiger charge is 2.36. The summed E-state index contributed by atoms with van der Waals surface area (Å²) < 4.78 is 4.99. The van der Waals surface area contributed by atoms with Crippen LogP contribution < -0.4 is 0 Å².